The van der Waals surface area contributed by atoms with E-state index in [4.69, 9.17) is 14.7 Å². The fourth-order valence-electron chi connectivity index (χ4n) is 4.83. The number of hydrogen-bond donors (Lipinski definition) is 1. The zero-order valence-corrected chi connectivity index (χ0v) is 20.7. The number of H-pyrrole nitrogens is 1. The fourth-order valence-corrected chi connectivity index (χ4v) is 7.68. The lowest BCUT2D eigenvalue weighted by molar-refractivity contribution is 0.122. The molecule has 0 spiro atoms. The topological polar surface area (TPSA) is 117 Å². The molecule has 0 bridgehead atoms. The molecule has 2 aliphatic heterocycles. The van der Waals surface area contributed by atoms with Crippen LogP contribution in [-0.2, 0) is 15.7 Å². The monoisotopic (exact) mass is 511 g/mol. The molecule has 1 N–H and O–H groups in total. The van der Waals surface area contributed by atoms with Gasteiger partial charge in [0.2, 0.25) is 0 Å². The van der Waals surface area contributed by atoms with Crippen molar-refractivity contribution in [2.75, 3.05) is 44.3 Å². The van der Waals surface area contributed by atoms with Crippen molar-refractivity contribution >= 4 is 49.3 Å². The average Bonchev–Trinajstić information content (AvgIpc) is 3.56. The Kier molecular flexibility index (Phi) is 6.27. The van der Waals surface area contributed by atoms with Crippen molar-refractivity contribution in [1.82, 2.24) is 24.5 Å². The molecule has 0 aliphatic carbocycles. The van der Waals surface area contributed by atoms with Crippen LogP contribution in [0.25, 0.3) is 32.5 Å². The van der Waals surface area contributed by atoms with Gasteiger partial charge < -0.3 is 9.64 Å². The molecule has 35 heavy (non-hydrogen) atoms. The van der Waals surface area contributed by atoms with Crippen molar-refractivity contribution in [3.8, 4) is 11.4 Å². The summed E-state index contributed by atoms with van der Waals surface area (Å²) >= 11 is 1.47. The van der Waals surface area contributed by atoms with Crippen molar-refractivity contribution < 1.29 is 8.95 Å². The third-order valence-electron chi connectivity index (χ3n) is 6.61. The van der Waals surface area contributed by atoms with Crippen molar-refractivity contribution in [3.05, 3.63) is 35.4 Å². The number of morpholine rings is 1. The van der Waals surface area contributed by atoms with E-state index in [1.54, 1.807) is 6.20 Å². The molecule has 10 nitrogen and oxygen atoms in total. The molecule has 2 fully saturated rings. The first-order valence-corrected chi connectivity index (χ1v) is 13.7. The third kappa shape index (κ3) is 4.24. The van der Waals surface area contributed by atoms with Gasteiger partial charge in [-0.15, -0.1) is 11.3 Å². The van der Waals surface area contributed by atoms with E-state index in [-0.39, 0.29) is 12.6 Å². The molecule has 2 unspecified atom stereocenters. The summed E-state index contributed by atoms with van der Waals surface area (Å²) in [5.74, 6) is 1.45. The SMILES string of the molecule is O=NCC1CCCCN1S(=O)c1cc2nc(-c3cccc4[nH]ncc34)nc(N3CCOCC3)c2s1. The van der Waals surface area contributed by atoms with Crippen LogP contribution in [0.15, 0.2) is 39.8 Å². The van der Waals surface area contributed by atoms with E-state index in [2.05, 4.69) is 20.3 Å². The summed E-state index contributed by atoms with van der Waals surface area (Å²) in [6, 6.07) is 7.76. The van der Waals surface area contributed by atoms with Crippen LogP contribution in [0.5, 0.6) is 0 Å². The zero-order chi connectivity index (χ0) is 23.8. The molecule has 3 aromatic heterocycles. The summed E-state index contributed by atoms with van der Waals surface area (Å²) in [4.78, 5) is 23.1. The summed E-state index contributed by atoms with van der Waals surface area (Å²) in [5.41, 5.74) is 2.59. The largest absolute Gasteiger partial charge is 0.378 e. The number of thiophene rings is 1. The molecule has 1 aromatic carbocycles. The summed E-state index contributed by atoms with van der Waals surface area (Å²) in [6.45, 7) is 3.59. The Morgan fingerprint density at radius 1 is 1.20 bits per heavy atom. The maximum absolute atomic E-state index is 13.6. The second-order valence-corrected chi connectivity index (χ2v) is 11.5. The number of piperidine rings is 1. The number of fused-ring (bicyclic) bond motifs is 2. The molecule has 0 saturated carbocycles. The van der Waals surface area contributed by atoms with Gasteiger partial charge >= 0.3 is 0 Å². The van der Waals surface area contributed by atoms with Gasteiger partial charge in [-0.1, -0.05) is 23.7 Å². The summed E-state index contributed by atoms with van der Waals surface area (Å²) in [7, 11) is -1.39. The lowest BCUT2D eigenvalue weighted by Gasteiger charge is -2.32. The van der Waals surface area contributed by atoms with E-state index < -0.39 is 11.0 Å². The highest BCUT2D eigenvalue weighted by molar-refractivity contribution is 7.85. The van der Waals surface area contributed by atoms with Gasteiger partial charge in [0.05, 0.1) is 41.7 Å². The number of aromatic amines is 1. The minimum absolute atomic E-state index is 0.0913. The Morgan fingerprint density at radius 2 is 2.09 bits per heavy atom. The van der Waals surface area contributed by atoms with Crippen molar-refractivity contribution in [2.24, 2.45) is 5.18 Å². The highest BCUT2D eigenvalue weighted by Crippen LogP contribution is 2.38. The first-order chi connectivity index (χ1) is 17.2. The molecule has 2 aliphatic rings. The van der Waals surface area contributed by atoms with Crippen LogP contribution in [0.2, 0.25) is 0 Å². The maximum atomic E-state index is 13.6. The van der Waals surface area contributed by atoms with Crippen LogP contribution in [0, 0.1) is 4.91 Å². The summed E-state index contributed by atoms with van der Waals surface area (Å²) < 4.78 is 22.8. The number of nitroso groups, excluding NO2 is 1. The predicted octanol–water partition coefficient (Wildman–Crippen LogP) is 3.71. The Balaban J connectivity index is 1.46. The molecule has 5 heterocycles. The lowest BCUT2D eigenvalue weighted by atomic mass is 10.1. The molecule has 2 atom stereocenters. The molecule has 0 radical (unpaired) electrons. The van der Waals surface area contributed by atoms with Crippen LogP contribution >= 0.6 is 11.3 Å². The van der Waals surface area contributed by atoms with E-state index in [1.807, 2.05) is 28.6 Å². The molecule has 12 heteroatoms. The maximum Gasteiger partial charge on any atom is 0.162 e. The number of ether oxygens (including phenoxy) is 1. The Bertz CT molecular complexity index is 1400. The van der Waals surface area contributed by atoms with Gasteiger partial charge in [-0.05, 0) is 25.0 Å². The van der Waals surface area contributed by atoms with Gasteiger partial charge in [-0.25, -0.2) is 18.5 Å². The smallest absolute Gasteiger partial charge is 0.162 e. The number of anilines is 1. The average molecular weight is 512 g/mol. The van der Waals surface area contributed by atoms with Crippen molar-refractivity contribution in [2.45, 2.75) is 29.5 Å². The number of nitrogens with zero attached hydrogens (tertiary/aromatic N) is 6. The number of benzene rings is 1. The molecule has 0 amide bonds. The number of rotatable bonds is 6. The van der Waals surface area contributed by atoms with Crippen LogP contribution in [0.4, 0.5) is 5.82 Å². The Hall–Kier alpha value is -2.80. The van der Waals surface area contributed by atoms with Crippen LogP contribution in [-0.4, -0.2) is 74.1 Å². The third-order valence-corrected chi connectivity index (χ3v) is 9.57. The lowest BCUT2D eigenvalue weighted by Crippen LogP contribution is -2.42. The molecule has 6 rings (SSSR count). The van der Waals surface area contributed by atoms with E-state index in [9.17, 15) is 9.12 Å². The summed E-state index contributed by atoms with van der Waals surface area (Å²) in [5, 5.41) is 11.2. The van der Waals surface area contributed by atoms with Crippen LogP contribution in [0.3, 0.4) is 0 Å². The highest BCUT2D eigenvalue weighted by Gasteiger charge is 2.30. The molecular weight excluding hydrogens is 486 g/mol. The number of hydrogen-bond acceptors (Lipinski definition) is 9. The molecule has 182 valence electrons. The highest BCUT2D eigenvalue weighted by atomic mass is 32.2. The van der Waals surface area contributed by atoms with Gasteiger partial charge in [0, 0.05) is 36.6 Å². The second kappa shape index (κ2) is 9.69. The normalized spacial score (nSPS) is 20.5. The predicted molar refractivity (Wildman–Crippen MR) is 137 cm³/mol. The van der Waals surface area contributed by atoms with Gasteiger partial charge in [0.25, 0.3) is 0 Å². The van der Waals surface area contributed by atoms with Gasteiger partial charge in [0.1, 0.15) is 15.2 Å². The number of nitrogens with one attached hydrogen (secondary N) is 1. The van der Waals surface area contributed by atoms with Crippen molar-refractivity contribution in [3.63, 3.8) is 0 Å². The van der Waals surface area contributed by atoms with Crippen LogP contribution < -0.4 is 4.90 Å². The Morgan fingerprint density at radius 3 is 2.94 bits per heavy atom. The molecule has 2 saturated heterocycles. The molecular formula is C23H25N7O3S2. The van der Waals surface area contributed by atoms with E-state index in [1.165, 1.54) is 11.3 Å². The van der Waals surface area contributed by atoms with E-state index >= 15 is 0 Å². The first-order valence-electron chi connectivity index (χ1n) is 11.8. The quantitative estimate of drug-likeness (QED) is 0.392. The standard InChI is InChI=1S/C23H25N7O3S2/c31-25-13-15-4-1-2-7-30(15)35(32)20-12-19-21(34-20)23(29-8-10-33-11-9-29)27-22(26-19)16-5-3-6-18-17(16)14-24-28-18/h3,5-6,12,14-15H,1-2,4,7-11,13H2,(H,24,28). The minimum atomic E-state index is -1.39. The van der Waals surface area contributed by atoms with Crippen LogP contribution in [0.1, 0.15) is 19.3 Å². The second-order valence-electron chi connectivity index (χ2n) is 8.74. The van der Waals surface area contributed by atoms with E-state index in [0.29, 0.717) is 25.6 Å². The fraction of sp³-hybridized carbons (Fsp3) is 0.435. The zero-order valence-electron chi connectivity index (χ0n) is 19.1. The van der Waals surface area contributed by atoms with Gasteiger partial charge in [0.15, 0.2) is 11.6 Å². The van der Waals surface area contributed by atoms with Gasteiger partial charge in [-0.3, -0.25) is 5.10 Å². The van der Waals surface area contributed by atoms with Crippen molar-refractivity contribution in [1.29, 1.82) is 0 Å². The summed E-state index contributed by atoms with van der Waals surface area (Å²) in [6.07, 6.45) is 4.61. The number of aromatic nitrogens is 4. The Labute approximate surface area is 208 Å². The molecule has 4 aromatic rings. The van der Waals surface area contributed by atoms with E-state index in [0.717, 1.165) is 69.1 Å². The van der Waals surface area contributed by atoms with Gasteiger partial charge in [-0.2, -0.15) is 10.0 Å². The minimum Gasteiger partial charge on any atom is -0.378 e. The first kappa shape index (κ1) is 22.7.